The van der Waals surface area contributed by atoms with Crippen LogP contribution in [0.1, 0.15) is 78.7 Å². The lowest BCUT2D eigenvalue weighted by Gasteiger charge is -2.21. The molecule has 0 heterocycles. The van der Waals surface area contributed by atoms with Gasteiger partial charge in [-0.2, -0.15) is 0 Å². The molecule has 0 radical (unpaired) electrons. The minimum absolute atomic E-state index is 0.381. The van der Waals surface area contributed by atoms with Crippen LogP contribution < -0.4 is 18.9 Å². The van der Waals surface area contributed by atoms with Gasteiger partial charge >= 0.3 is 5.97 Å². The molecular formula is C25H40O6. The Hall–Kier alpha value is -2.37. The van der Waals surface area contributed by atoms with Gasteiger partial charge in [-0.3, -0.25) is 0 Å². The molecule has 0 aromatic heterocycles. The number of hydrogen-bond acceptors (Lipinski definition) is 6. The fraction of sp³-hybridized carbons (Fsp3) is 0.640. The summed E-state index contributed by atoms with van der Waals surface area (Å²) < 4.78 is 29.4. The van der Waals surface area contributed by atoms with E-state index in [4.69, 9.17) is 23.7 Å². The summed E-state index contributed by atoms with van der Waals surface area (Å²) in [6.45, 7) is 12.8. The van der Waals surface area contributed by atoms with E-state index in [1.54, 1.807) is 6.08 Å². The van der Waals surface area contributed by atoms with E-state index in [1.165, 1.54) is 6.08 Å². The Balaban J connectivity index is 3.42. The third kappa shape index (κ3) is 9.53. The molecule has 0 saturated carbocycles. The smallest absolute Gasteiger partial charge is 0.330 e. The van der Waals surface area contributed by atoms with Crippen LogP contribution in [-0.2, 0) is 9.53 Å². The Morgan fingerprint density at radius 1 is 0.710 bits per heavy atom. The van der Waals surface area contributed by atoms with Crippen molar-refractivity contribution in [1.82, 2.24) is 0 Å². The summed E-state index contributed by atoms with van der Waals surface area (Å²) in [6, 6.07) is 1.85. The predicted molar refractivity (Wildman–Crippen MR) is 124 cm³/mol. The summed E-state index contributed by atoms with van der Waals surface area (Å²) in [4.78, 5) is 12.1. The number of rotatable bonds is 17. The summed E-state index contributed by atoms with van der Waals surface area (Å²) in [5, 5.41) is 0. The molecule has 0 bridgehead atoms. The maximum Gasteiger partial charge on any atom is 0.330 e. The lowest BCUT2D eigenvalue weighted by molar-refractivity contribution is -0.137. The number of hydrogen-bond donors (Lipinski definition) is 0. The molecule has 0 spiro atoms. The molecule has 0 saturated heterocycles. The van der Waals surface area contributed by atoms with Gasteiger partial charge in [-0.1, -0.05) is 41.0 Å². The van der Waals surface area contributed by atoms with E-state index in [0.29, 0.717) is 61.6 Å². The molecule has 6 heteroatoms. The molecule has 0 aliphatic carbocycles. The summed E-state index contributed by atoms with van der Waals surface area (Å²) >= 11 is 0. The van der Waals surface area contributed by atoms with Gasteiger partial charge in [0.1, 0.15) is 0 Å². The van der Waals surface area contributed by atoms with Crippen molar-refractivity contribution in [3.05, 3.63) is 17.7 Å². The molecule has 0 aliphatic rings. The Kier molecular flexibility index (Phi) is 14.1. The van der Waals surface area contributed by atoms with E-state index in [-0.39, 0.29) is 5.97 Å². The summed E-state index contributed by atoms with van der Waals surface area (Å²) in [7, 11) is 0. The highest BCUT2D eigenvalue weighted by atomic mass is 16.6. The zero-order valence-electron chi connectivity index (χ0n) is 20.0. The molecular weight excluding hydrogens is 396 g/mol. The molecule has 176 valence electrons. The standard InChI is InChI=1S/C25H40O6/c1-6-11-18-28-22(26)13-12-20-19-21(27-14-7-2)24(30-16-9-4)25(31-17-10-5)23(20)29-15-8-3/h12-13,19H,6-11,14-18H2,1-5H3. The average molecular weight is 437 g/mol. The number of unbranched alkanes of at least 4 members (excludes halogenated alkanes) is 1. The highest BCUT2D eigenvalue weighted by Gasteiger charge is 2.23. The van der Waals surface area contributed by atoms with Crippen molar-refractivity contribution in [3.63, 3.8) is 0 Å². The highest BCUT2D eigenvalue weighted by Crippen LogP contribution is 2.48. The van der Waals surface area contributed by atoms with Crippen molar-refractivity contribution < 1.29 is 28.5 Å². The van der Waals surface area contributed by atoms with Crippen LogP contribution in [0.3, 0.4) is 0 Å². The van der Waals surface area contributed by atoms with Gasteiger partial charge in [-0.25, -0.2) is 4.79 Å². The molecule has 0 amide bonds. The Morgan fingerprint density at radius 3 is 1.84 bits per heavy atom. The molecule has 0 aliphatic heterocycles. The van der Waals surface area contributed by atoms with E-state index in [2.05, 4.69) is 13.8 Å². The van der Waals surface area contributed by atoms with Gasteiger partial charge in [-0.15, -0.1) is 0 Å². The Bertz CT molecular complexity index is 668. The van der Waals surface area contributed by atoms with Gasteiger partial charge < -0.3 is 23.7 Å². The van der Waals surface area contributed by atoms with Crippen molar-refractivity contribution >= 4 is 12.0 Å². The fourth-order valence-electron chi connectivity index (χ4n) is 2.61. The average Bonchev–Trinajstić information content (AvgIpc) is 2.78. The molecule has 31 heavy (non-hydrogen) atoms. The third-order valence-corrected chi connectivity index (χ3v) is 4.14. The van der Waals surface area contributed by atoms with Crippen LogP contribution in [0, 0.1) is 0 Å². The lowest BCUT2D eigenvalue weighted by atomic mass is 10.1. The molecule has 1 rings (SSSR count). The van der Waals surface area contributed by atoms with Crippen LogP contribution in [0.25, 0.3) is 6.08 Å². The van der Waals surface area contributed by atoms with Crippen molar-refractivity contribution in [2.45, 2.75) is 73.1 Å². The third-order valence-electron chi connectivity index (χ3n) is 4.14. The first-order valence-corrected chi connectivity index (χ1v) is 11.7. The minimum atomic E-state index is -0.381. The summed E-state index contributed by atoms with van der Waals surface area (Å²) in [6.07, 6.45) is 8.34. The van der Waals surface area contributed by atoms with E-state index < -0.39 is 0 Å². The molecule has 0 fully saturated rings. The lowest BCUT2D eigenvalue weighted by Crippen LogP contribution is -2.09. The number of carbonyl (C=O) groups is 1. The SMILES string of the molecule is CCCCOC(=O)C=Cc1cc(OCCC)c(OCCC)c(OCCC)c1OCCC. The maximum absolute atomic E-state index is 12.1. The number of benzene rings is 1. The van der Waals surface area contributed by atoms with Crippen LogP contribution in [0.5, 0.6) is 23.0 Å². The van der Waals surface area contributed by atoms with Gasteiger partial charge in [0.2, 0.25) is 11.5 Å². The van der Waals surface area contributed by atoms with Crippen molar-refractivity contribution in [2.24, 2.45) is 0 Å². The van der Waals surface area contributed by atoms with Gasteiger partial charge in [0.05, 0.1) is 33.0 Å². The van der Waals surface area contributed by atoms with E-state index >= 15 is 0 Å². The fourth-order valence-corrected chi connectivity index (χ4v) is 2.61. The van der Waals surface area contributed by atoms with Crippen LogP contribution in [-0.4, -0.2) is 39.0 Å². The van der Waals surface area contributed by atoms with Gasteiger partial charge in [0.25, 0.3) is 0 Å². The summed E-state index contributed by atoms with van der Waals surface area (Å²) in [5.74, 6) is 1.84. The first-order chi connectivity index (χ1) is 15.1. The minimum Gasteiger partial charge on any atom is -0.490 e. The topological polar surface area (TPSA) is 63.2 Å². The van der Waals surface area contributed by atoms with Crippen LogP contribution in [0.15, 0.2) is 12.1 Å². The maximum atomic E-state index is 12.1. The van der Waals surface area contributed by atoms with E-state index in [0.717, 1.165) is 38.5 Å². The van der Waals surface area contributed by atoms with Crippen molar-refractivity contribution in [3.8, 4) is 23.0 Å². The molecule has 1 aromatic rings. The number of esters is 1. The van der Waals surface area contributed by atoms with E-state index in [1.807, 2.05) is 26.8 Å². The van der Waals surface area contributed by atoms with Crippen LogP contribution in [0.4, 0.5) is 0 Å². The molecule has 0 atom stereocenters. The molecule has 1 aromatic carbocycles. The second-order valence-corrected chi connectivity index (χ2v) is 7.20. The largest absolute Gasteiger partial charge is 0.490 e. The predicted octanol–water partition coefficient (Wildman–Crippen LogP) is 6.20. The first-order valence-electron chi connectivity index (χ1n) is 11.7. The zero-order valence-corrected chi connectivity index (χ0v) is 20.0. The quantitative estimate of drug-likeness (QED) is 0.165. The number of carbonyl (C=O) groups excluding carboxylic acids is 1. The summed E-state index contributed by atoms with van der Waals surface area (Å²) in [5.41, 5.74) is 0.696. The molecule has 0 N–H and O–H groups in total. The van der Waals surface area contributed by atoms with Gasteiger partial charge in [0.15, 0.2) is 11.5 Å². The number of ether oxygens (including phenoxy) is 5. The second-order valence-electron chi connectivity index (χ2n) is 7.20. The van der Waals surface area contributed by atoms with Gasteiger partial charge in [0, 0.05) is 11.6 Å². The Morgan fingerprint density at radius 2 is 1.26 bits per heavy atom. The van der Waals surface area contributed by atoms with Crippen LogP contribution >= 0.6 is 0 Å². The zero-order chi connectivity index (χ0) is 22.9. The van der Waals surface area contributed by atoms with Crippen molar-refractivity contribution in [2.75, 3.05) is 33.0 Å². The van der Waals surface area contributed by atoms with Gasteiger partial charge in [-0.05, 0) is 44.2 Å². The highest BCUT2D eigenvalue weighted by molar-refractivity contribution is 5.88. The molecule has 0 unspecified atom stereocenters. The normalized spacial score (nSPS) is 10.9. The second kappa shape index (κ2) is 16.3. The monoisotopic (exact) mass is 436 g/mol. The van der Waals surface area contributed by atoms with Crippen LogP contribution in [0.2, 0.25) is 0 Å². The van der Waals surface area contributed by atoms with E-state index in [9.17, 15) is 4.79 Å². The van der Waals surface area contributed by atoms with Crippen molar-refractivity contribution in [1.29, 1.82) is 0 Å². The Labute approximate surface area is 187 Å². The molecule has 6 nitrogen and oxygen atoms in total. The first kappa shape index (κ1) is 26.7.